The standard InChI is InChI=1S/C18H24N4O2/c1-11(2)13-7-6-8-14(12(3)4)17(13)19-15-9-10-16(22-21-15)20-18(23)24-5/h6-12H,1-5H3,(H,19,21)(H,20,22,23). The summed E-state index contributed by atoms with van der Waals surface area (Å²) in [7, 11) is 1.30. The number of aromatic nitrogens is 2. The number of para-hydroxylation sites is 1. The molecule has 6 heteroatoms. The molecule has 128 valence electrons. The van der Waals surface area contributed by atoms with Crippen LogP contribution in [0.3, 0.4) is 0 Å². The lowest BCUT2D eigenvalue weighted by atomic mass is 9.92. The van der Waals surface area contributed by atoms with E-state index in [1.165, 1.54) is 18.2 Å². The van der Waals surface area contributed by atoms with Gasteiger partial charge in [-0.15, -0.1) is 10.2 Å². The molecule has 2 rings (SSSR count). The Labute approximate surface area is 142 Å². The van der Waals surface area contributed by atoms with Crippen molar-refractivity contribution in [3.63, 3.8) is 0 Å². The fourth-order valence-corrected chi connectivity index (χ4v) is 2.44. The smallest absolute Gasteiger partial charge is 0.412 e. The van der Waals surface area contributed by atoms with Crippen LogP contribution in [0.2, 0.25) is 0 Å². The van der Waals surface area contributed by atoms with E-state index in [2.05, 4.69) is 71.5 Å². The first-order valence-corrected chi connectivity index (χ1v) is 8.01. The van der Waals surface area contributed by atoms with Crippen LogP contribution in [0.1, 0.15) is 50.7 Å². The van der Waals surface area contributed by atoms with E-state index in [0.29, 0.717) is 23.5 Å². The van der Waals surface area contributed by atoms with Crippen molar-refractivity contribution in [2.24, 2.45) is 0 Å². The van der Waals surface area contributed by atoms with Gasteiger partial charge < -0.3 is 10.1 Å². The Morgan fingerprint density at radius 2 is 1.50 bits per heavy atom. The molecule has 2 aromatic rings. The summed E-state index contributed by atoms with van der Waals surface area (Å²) in [5, 5.41) is 14.0. The Balaban J connectivity index is 2.28. The molecular weight excluding hydrogens is 304 g/mol. The lowest BCUT2D eigenvalue weighted by Crippen LogP contribution is -2.13. The Kier molecular flexibility index (Phi) is 5.73. The molecule has 0 fully saturated rings. The van der Waals surface area contributed by atoms with Crippen molar-refractivity contribution in [1.82, 2.24) is 10.2 Å². The van der Waals surface area contributed by atoms with Gasteiger partial charge in [0.25, 0.3) is 0 Å². The quantitative estimate of drug-likeness (QED) is 0.836. The first kappa shape index (κ1) is 17.7. The van der Waals surface area contributed by atoms with E-state index < -0.39 is 6.09 Å². The van der Waals surface area contributed by atoms with Gasteiger partial charge in [0, 0.05) is 5.69 Å². The molecule has 0 spiro atoms. The average Bonchev–Trinajstić information content (AvgIpc) is 2.56. The van der Waals surface area contributed by atoms with Crippen LogP contribution in [-0.2, 0) is 4.74 Å². The van der Waals surface area contributed by atoms with E-state index >= 15 is 0 Å². The number of methoxy groups -OCH3 is 1. The minimum atomic E-state index is -0.572. The highest BCUT2D eigenvalue weighted by Crippen LogP contribution is 2.34. The number of ether oxygens (including phenoxy) is 1. The molecule has 1 aromatic carbocycles. The highest BCUT2D eigenvalue weighted by Gasteiger charge is 2.14. The minimum absolute atomic E-state index is 0.341. The molecule has 0 aliphatic heterocycles. The maximum absolute atomic E-state index is 11.2. The molecule has 0 atom stereocenters. The van der Waals surface area contributed by atoms with Crippen molar-refractivity contribution in [2.75, 3.05) is 17.7 Å². The number of benzene rings is 1. The third-order valence-electron chi connectivity index (χ3n) is 3.71. The molecule has 2 N–H and O–H groups in total. The summed E-state index contributed by atoms with van der Waals surface area (Å²) in [6.45, 7) is 8.67. The van der Waals surface area contributed by atoms with E-state index in [9.17, 15) is 4.79 Å². The summed E-state index contributed by atoms with van der Waals surface area (Å²) >= 11 is 0. The summed E-state index contributed by atoms with van der Waals surface area (Å²) in [6, 6.07) is 9.79. The number of anilines is 3. The summed E-state index contributed by atoms with van der Waals surface area (Å²) in [5.41, 5.74) is 3.55. The number of nitrogens with one attached hydrogen (secondary N) is 2. The Hall–Kier alpha value is -2.63. The maximum atomic E-state index is 11.2. The lowest BCUT2D eigenvalue weighted by Gasteiger charge is -2.20. The molecule has 1 heterocycles. The van der Waals surface area contributed by atoms with E-state index in [-0.39, 0.29) is 0 Å². The molecule has 0 saturated carbocycles. The Morgan fingerprint density at radius 3 is 1.96 bits per heavy atom. The Bertz CT molecular complexity index is 670. The zero-order chi connectivity index (χ0) is 17.7. The number of carbonyl (C=O) groups excluding carboxylic acids is 1. The number of amides is 1. The summed E-state index contributed by atoms with van der Waals surface area (Å²) in [4.78, 5) is 11.2. The van der Waals surface area contributed by atoms with Gasteiger partial charge in [0.1, 0.15) is 0 Å². The van der Waals surface area contributed by atoms with Crippen LogP contribution in [-0.4, -0.2) is 23.4 Å². The van der Waals surface area contributed by atoms with Crippen molar-refractivity contribution in [3.8, 4) is 0 Å². The lowest BCUT2D eigenvalue weighted by molar-refractivity contribution is 0.187. The molecule has 0 radical (unpaired) electrons. The van der Waals surface area contributed by atoms with Crippen LogP contribution in [0.25, 0.3) is 0 Å². The van der Waals surface area contributed by atoms with Gasteiger partial charge in [-0.25, -0.2) is 4.79 Å². The highest BCUT2D eigenvalue weighted by atomic mass is 16.5. The predicted octanol–water partition coefficient (Wildman–Crippen LogP) is 4.65. The normalized spacial score (nSPS) is 10.8. The third kappa shape index (κ3) is 4.22. The minimum Gasteiger partial charge on any atom is -0.453 e. The third-order valence-corrected chi connectivity index (χ3v) is 3.71. The van der Waals surface area contributed by atoms with Gasteiger partial charge >= 0.3 is 6.09 Å². The molecule has 24 heavy (non-hydrogen) atoms. The van der Waals surface area contributed by atoms with Gasteiger partial charge in [0.2, 0.25) is 0 Å². The van der Waals surface area contributed by atoms with Crippen molar-refractivity contribution >= 4 is 23.4 Å². The maximum Gasteiger partial charge on any atom is 0.412 e. The van der Waals surface area contributed by atoms with Gasteiger partial charge in [0.05, 0.1) is 7.11 Å². The first-order valence-electron chi connectivity index (χ1n) is 8.01. The zero-order valence-electron chi connectivity index (χ0n) is 14.8. The molecule has 0 aliphatic rings. The van der Waals surface area contributed by atoms with Gasteiger partial charge in [-0.1, -0.05) is 45.9 Å². The van der Waals surface area contributed by atoms with E-state index in [0.717, 1.165) is 5.69 Å². The van der Waals surface area contributed by atoms with Crippen LogP contribution in [0.5, 0.6) is 0 Å². The van der Waals surface area contributed by atoms with Gasteiger partial charge in [-0.05, 0) is 35.1 Å². The summed E-state index contributed by atoms with van der Waals surface area (Å²) in [5.74, 6) is 1.74. The van der Waals surface area contributed by atoms with E-state index in [1.54, 1.807) is 12.1 Å². The number of carbonyl (C=O) groups is 1. The number of rotatable bonds is 5. The van der Waals surface area contributed by atoms with Gasteiger partial charge in [-0.3, -0.25) is 5.32 Å². The first-order chi connectivity index (χ1) is 11.4. The second-order valence-electron chi connectivity index (χ2n) is 6.17. The monoisotopic (exact) mass is 328 g/mol. The van der Waals surface area contributed by atoms with Crippen molar-refractivity contribution in [3.05, 3.63) is 41.5 Å². The molecule has 0 saturated heterocycles. The number of hydrogen-bond acceptors (Lipinski definition) is 5. The number of nitrogens with zero attached hydrogens (tertiary/aromatic N) is 2. The van der Waals surface area contributed by atoms with E-state index in [1.807, 2.05) is 0 Å². The zero-order valence-corrected chi connectivity index (χ0v) is 14.8. The number of hydrogen-bond donors (Lipinski definition) is 2. The fraction of sp³-hybridized carbons (Fsp3) is 0.389. The fourth-order valence-electron chi connectivity index (χ4n) is 2.44. The molecule has 0 bridgehead atoms. The van der Waals surface area contributed by atoms with Gasteiger partial charge in [0.15, 0.2) is 11.6 Å². The van der Waals surface area contributed by atoms with Crippen LogP contribution in [0.15, 0.2) is 30.3 Å². The molecule has 0 unspecified atom stereocenters. The second kappa shape index (κ2) is 7.77. The SMILES string of the molecule is COC(=O)Nc1ccc(Nc2c(C(C)C)cccc2C(C)C)nn1. The van der Waals surface area contributed by atoms with Crippen LogP contribution in [0.4, 0.5) is 22.1 Å². The molecule has 0 aliphatic carbocycles. The molecule has 1 aromatic heterocycles. The van der Waals surface area contributed by atoms with Crippen molar-refractivity contribution < 1.29 is 9.53 Å². The van der Waals surface area contributed by atoms with E-state index in [4.69, 9.17) is 0 Å². The molecule has 1 amide bonds. The molecule has 6 nitrogen and oxygen atoms in total. The second-order valence-corrected chi connectivity index (χ2v) is 6.17. The highest BCUT2D eigenvalue weighted by molar-refractivity contribution is 5.83. The molecular formula is C18H24N4O2. The average molecular weight is 328 g/mol. The Morgan fingerprint density at radius 1 is 0.958 bits per heavy atom. The van der Waals surface area contributed by atoms with Crippen LogP contribution in [0, 0.1) is 0 Å². The summed E-state index contributed by atoms with van der Waals surface area (Å²) in [6.07, 6.45) is -0.572. The van der Waals surface area contributed by atoms with Crippen molar-refractivity contribution in [1.29, 1.82) is 0 Å². The summed E-state index contributed by atoms with van der Waals surface area (Å²) < 4.78 is 4.53. The predicted molar refractivity (Wildman–Crippen MR) is 96.0 cm³/mol. The van der Waals surface area contributed by atoms with Gasteiger partial charge in [-0.2, -0.15) is 0 Å². The van der Waals surface area contributed by atoms with Crippen molar-refractivity contribution in [2.45, 2.75) is 39.5 Å². The van der Waals surface area contributed by atoms with Crippen LogP contribution < -0.4 is 10.6 Å². The topological polar surface area (TPSA) is 76.1 Å². The largest absolute Gasteiger partial charge is 0.453 e. The van der Waals surface area contributed by atoms with Crippen LogP contribution >= 0.6 is 0 Å².